The molecule has 0 saturated carbocycles. The molecule has 0 unspecified atom stereocenters. The summed E-state index contributed by atoms with van der Waals surface area (Å²) in [6.07, 6.45) is 1.12. The molecule has 0 N–H and O–H groups in total. The van der Waals surface area contributed by atoms with E-state index in [-0.39, 0.29) is 22.2 Å². The average Bonchev–Trinajstić information content (AvgIpc) is 2.84. The molecule has 0 aliphatic carbocycles. The highest BCUT2D eigenvalue weighted by atomic mass is 35.5. The first-order chi connectivity index (χ1) is 10.4. The normalized spacial score (nSPS) is 11.1. The number of rotatable bonds is 2. The molecule has 0 spiro atoms. The summed E-state index contributed by atoms with van der Waals surface area (Å²) in [6, 6.07) is 0.981. The Morgan fingerprint density at radius 2 is 1.82 bits per heavy atom. The zero-order chi connectivity index (χ0) is 16.0. The molecule has 0 saturated heterocycles. The van der Waals surface area contributed by atoms with Gasteiger partial charge < -0.3 is 0 Å². The Kier molecular flexibility index (Phi) is 3.32. The number of carbonyl (C=O) groups is 1. The van der Waals surface area contributed by atoms with Crippen molar-refractivity contribution >= 4 is 23.2 Å². The Morgan fingerprint density at radius 1 is 1.18 bits per heavy atom. The van der Waals surface area contributed by atoms with Gasteiger partial charge in [-0.25, -0.2) is 13.2 Å². The molecule has 2 heterocycles. The van der Waals surface area contributed by atoms with Crippen LogP contribution in [-0.4, -0.2) is 25.4 Å². The van der Waals surface area contributed by atoms with Crippen LogP contribution >= 0.6 is 11.6 Å². The number of benzene rings is 1. The van der Waals surface area contributed by atoms with E-state index in [1.54, 1.807) is 0 Å². The zero-order valence-corrected chi connectivity index (χ0v) is 11.7. The maximum atomic E-state index is 14.0. The van der Waals surface area contributed by atoms with E-state index in [0.717, 1.165) is 10.8 Å². The van der Waals surface area contributed by atoms with Crippen molar-refractivity contribution in [1.29, 1.82) is 0 Å². The van der Waals surface area contributed by atoms with E-state index in [1.165, 1.54) is 6.92 Å². The van der Waals surface area contributed by atoms with Gasteiger partial charge in [0.1, 0.15) is 34.6 Å². The van der Waals surface area contributed by atoms with Crippen LogP contribution in [0.25, 0.3) is 16.9 Å². The van der Waals surface area contributed by atoms with E-state index >= 15 is 0 Å². The number of hydrogen-bond donors (Lipinski definition) is 0. The third-order valence-corrected chi connectivity index (χ3v) is 3.25. The van der Waals surface area contributed by atoms with Gasteiger partial charge in [-0.05, 0) is 0 Å². The van der Waals surface area contributed by atoms with Crippen molar-refractivity contribution in [2.75, 3.05) is 0 Å². The topological polar surface area (TPSA) is 60.2 Å². The smallest absolute Gasteiger partial charge is 0.254 e. The summed E-state index contributed by atoms with van der Waals surface area (Å²) in [7, 11) is 0. The van der Waals surface area contributed by atoms with E-state index in [2.05, 4.69) is 15.1 Å². The third-order valence-electron chi connectivity index (χ3n) is 2.97. The van der Waals surface area contributed by atoms with Crippen LogP contribution in [-0.2, 0) is 0 Å². The number of fused-ring (bicyclic) bond motifs is 1. The lowest BCUT2D eigenvalue weighted by atomic mass is 10.0. The van der Waals surface area contributed by atoms with Gasteiger partial charge in [-0.1, -0.05) is 11.6 Å². The van der Waals surface area contributed by atoms with E-state index in [4.69, 9.17) is 11.6 Å². The van der Waals surface area contributed by atoms with Crippen LogP contribution in [0.1, 0.15) is 17.4 Å². The number of ketones is 1. The second kappa shape index (κ2) is 5.06. The summed E-state index contributed by atoms with van der Waals surface area (Å²) in [5.74, 6) is -4.06. The highest BCUT2D eigenvalue weighted by molar-refractivity contribution is 6.33. The van der Waals surface area contributed by atoms with Crippen LogP contribution in [0.15, 0.2) is 18.5 Å². The monoisotopic (exact) mass is 326 g/mol. The number of aromatic nitrogens is 4. The van der Waals surface area contributed by atoms with E-state index in [0.29, 0.717) is 12.1 Å². The fourth-order valence-corrected chi connectivity index (χ4v) is 2.40. The Labute approximate surface area is 126 Å². The lowest BCUT2D eigenvalue weighted by Crippen LogP contribution is -2.10. The van der Waals surface area contributed by atoms with Crippen molar-refractivity contribution in [1.82, 2.24) is 19.6 Å². The number of carbonyl (C=O) groups excluding carboxylic acids is 1. The SMILES string of the molecule is CC(=O)c1c(-c2c(F)cc(F)cc2F)c(Cl)nc2ncnn12. The molecule has 0 bridgehead atoms. The highest BCUT2D eigenvalue weighted by Gasteiger charge is 2.25. The summed E-state index contributed by atoms with van der Waals surface area (Å²) in [4.78, 5) is 19.5. The number of nitrogens with zero attached hydrogens (tertiary/aromatic N) is 4. The predicted molar refractivity (Wildman–Crippen MR) is 71.1 cm³/mol. The zero-order valence-electron chi connectivity index (χ0n) is 10.9. The van der Waals surface area contributed by atoms with Crippen molar-refractivity contribution < 1.29 is 18.0 Å². The molecule has 0 amide bonds. The Morgan fingerprint density at radius 3 is 2.41 bits per heavy atom. The Balaban J connectivity index is 2.48. The molecule has 9 heteroatoms. The Bertz CT molecular complexity index is 902. The molecule has 3 aromatic rings. The first-order valence-corrected chi connectivity index (χ1v) is 6.33. The Hall–Kier alpha value is -2.48. The van der Waals surface area contributed by atoms with E-state index < -0.39 is 28.8 Å². The molecule has 3 rings (SSSR count). The van der Waals surface area contributed by atoms with Gasteiger partial charge in [0.2, 0.25) is 0 Å². The fraction of sp³-hybridized carbons (Fsp3) is 0.0769. The molecule has 112 valence electrons. The van der Waals surface area contributed by atoms with Crippen LogP contribution < -0.4 is 0 Å². The minimum Gasteiger partial charge on any atom is -0.293 e. The number of hydrogen-bond acceptors (Lipinski definition) is 4. The maximum Gasteiger partial charge on any atom is 0.254 e. The summed E-state index contributed by atoms with van der Waals surface area (Å²) in [5.41, 5.74) is -1.15. The molecular weight excluding hydrogens is 321 g/mol. The quantitative estimate of drug-likeness (QED) is 0.536. The molecule has 0 radical (unpaired) electrons. The van der Waals surface area contributed by atoms with Crippen LogP contribution in [0.2, 0.25) is 5.15 Å². The minimum absolute atomic E-state index is 0.00174. The van der Waals surface area contributed by atoms with Crippen molar-refractivity contribution in [2.45, 2.75) is 6.92 Å². The predicted octanol–water partition coefficient (Wildman–Crippen LogP) is 3.06. The summed E-state index contributed by atoms with van der Waals surface area (Å²) >= 11 is 5.96. The standard InChI is InChI=1S/C13H6ClF3N4O/c1-5(22)11-10(9-7(16)2-6(15)3-8(9)17)12(14)20-13-18-4-19-21(11)13/h2-4H,1H3. The van der Waals surface area contributed by atoms with Gasteiger partial charge in [-0.2, -0.15) is 19.6 Å². The molecule has 0 atom stereocenters. The third kappa shape index (κ3) is 2.12. The van der Waals surface area contributed by atoms with Crippen LogP contribution in [0.5, 0.6) is 0 Å². The van der Waals surface area contributed by atoms with Crippen LogP contribution in [0.3, 0.4) is 0 Å². The largest absolute Gasteiger partial charge is 0.293 e. The first-order valence-electron chi connectivity index (χ1n) is 5.95. The van der Waals surface area contributed by atoms with Crippen molar-refractivity contribution in [2.24, 2.45) is 0 Å². The van der Waals surface area contributed by atoms with Gasteiger partial charge in [0.15, 0.2) is 5.78 Å². The summed E-state index contributed by atoms with van der Waals surface area (Å²) in [6.45, 7) is 1.18. The molecular formula is C13H6ClF3N4O. The maximum absolute atomic E-state index is 14.0. The van der Waals surface area contributed by atoms with Gasteiger partial charge in [0, 0.05) is 19.1 Å². The van der Waals surface area contributed by atoms with Crippen molar-refractivity contribution in [3.05, 3.63) is 46.8 Å². The first kappa shape index (κ1) is 14.5. The van der Waals surface area contributed by atoms with Crippen molar-refractivity contribution in [3.8, 4) is 11.1 Å². The van der Waals surface area contributed by atoms with Gasteiger partial charge in [-0.3, -0.25) is 4.79 Å². The van der Waals surface area contributed by atoms with Gasteiger partial charge in [-0.15, -0.1) is 0 Å². The lowest BCUT2D eigenvalue weighted by molar-refractivity contribution is 0.101. The summed E-state index contributed by atoms with van der Waals surface area (Å²) in [5, 5.41) is 3.45. The number of halogens is 4. The molecule has 1 aromatic carbocycles. The second-order valence-corrected chi connectivity index (χ2v) is 4.76. The molecule has 0 fully saturated rings. The van der Waals surface area contributed by atoms with Gasteiger partial charge >= 0.3 is 0 Å². The van der Waals surface area contributed by atoms with Gasteiger partial charge in [0.05, 0.1) is 11.1 Å². The molecule has 5 nitrogen and oxygen atoms in total. The summed E-state index contributed by atoms with van der Waals surface area (Å²) < 4.78 is 42.1. The van der Waals surface area contributed by atoms with E-state index in [1.807, 2.05) is 0 Å². The average molecular weight is 327 g/mol. The van der Waals surface area contributed by atoms with Crippen LogP contribution in [0, 0.1) is 17.5 Å². The lowest BCUT2D eigenvalue weighted by Gasteiger charge is -2.12. The van der Waals surface area contributed by atoms with Crippen LogP contribution in [0.4, 0.5) is 13.2 Å². The van der Waals surface area contributed by atoms with Gasteiger partial charge in [0.25, 0.3) is 5.78 Å². The molecule has 0 aliphatic rings. The number of Topliss-reactive ketones (excluding diaryl/α,β-unsaturated/α-hetero) is 1. The fourth-order valence-electron chi connectivity index (χ4n) is 2.14. The molecule has 0 aliphatic heterocycles. The minimum atomic E-state index is -1.21. The van der Waals surface area contributed by atoms with E-state index in [9.17, 15) is 18.0 Å². The molecule has 2 aromatic heterocycles. The highest BCUT2D eigenvalue weighted by Crippen LogP contribution is 2.34. The molecule has 22 heavy (non-hydrogen) atoms. The van der Waals surface area contributed by atoms with Crippen molar-refractivity contribution in [3.63, 3.8) is 0 Å². The second-order valence-electron chi connectivity index (χ2n) is 4.40.